The summed E-state index contributed by atoms with van der Waals surface area (Å²) in [7, 11) is 0. The molecule has 0 radical (unpaired) electrons. The molecular weight excluding hydrogens is 276 g/mol. The first-order valence-corrected chi connectivity index (χ1v) is 7.42. The Morgan fingerprint density at radius 2 is 2.00 bits per heavy atom. The average molecular weight is 289 g/mol. The first-order valence-electron chi connectivity index (χ1n) is 6.05. The van der Waals surface area contributed by atoms with Crippen LogP contribution in [0.15, 0.2) is 47.6 Å². The fourth-order valence-corrected chi connectivity index (χ4v) is 3.15. The largest absolute Gasteiger partial charge is 0.333 e. The Bertz CT molecular complexity index is 721. The molecule has 0 bridgehead atoms. The molecule has 0 amide bonds. The summed E-state index contributed by atoms with van der Waals surface area (Å²) in [6.45, 7) is 2.08. The number of hydrogen-bond acceptors (Lipinski definition) is 2. The highest BCUT2D eigenvalue weighted by molar-refractivity contribution is 7.98. The summed E-state index contributed by atoms with van der Waals surface area (Å²) < 4.78 is 0. The summed E-state index contributed by atoms with van der Waals surface area (Å²) in [5, 5.41) is 1.74. The smallest absolute Gasteiger partial charge is 0.166 e. The van der Waals surface area contributed by atoms with Gasteiger partial charge in [-0.3, -0.25) is 0 Å². The lowest BCUT2D eigenvalue weighted by atomic mass is 10.2. The molecule has 0 saturated carbocycles. The van der Waals surface area contributed by atoms with Gasteiger partial charge in [0.1, 0.15) is 0 Å². The molecule has 1 heterocycles. The highest BCUT2D eigenvalue weighted by Crippen LogP contribution is 2.27. The first-order chi connectivity index (χ1) is 9.24. The zero-order valence-electron chi connectivity index (χ0n) is 10.5. The van der Waals surface area contributed by atoms with Crippen molar-refractivity contribution in [3.05, 3.63) is 58.6 Å². The van der Waals surface area contributed by atoms with E-state index in [9.17, 15) is 0 Å². The molecule has 0 unspecified atom stereocenters. The molecule has 0 saturated heterocycles. The van der Waals surface area contributed by atoms with Gasteiger partial charge in [-0.25, -0.2) is 4.98 Å². The molecule has 3 aromatic rings. The number of thioether (sulfide) groups is 1. The van der Waals surface area contributed by atoms with Crippen LogP contribution in [0.5, 0.6) is 0 Å². The van der Waals surface area contributed by atoms with E-state index in [1.165, 1.54) is 5.56 Å². The van der Waals surface area contributed by atoms with E-state index in [0.717, 1.165) is 32.5 Å². The van der Waals surface area contributed by atoms with Gasteiger partial charge in [-0.05, 0) is 30.2 Å². The molecule has 0 atom stereocenters. The molecule has 0 aliphatic carbocycles. The van der Waals surface area contributed by atoms with Gasteiger partial charge in [0.25, 0.3) is 0 Å². The first kappa shape index (κ1) is 12.6. The van der Waals surface area contributed by atoms with Crippen LogP contribution in [0.2, 0.25) is 5.02 Å². The molecular formula is C15H13ClN2S. The van der Waals surface area contributed by atoms with Crippen LogP contribution in [0.25, 0.3) is 11.0 Å². The highest BCUT2D eigenvalue weighted by Gasteiger charge is 2.06. The summed E-state index contributed by atoms with van der Waals surface area (Å²) in [6.07, 6.45) is 0. The summed E-state index contributed by atoms with van der Waals surface area (Å²) in [4.78, 5) is 7.96. The van der Waals surface area contributed by atoms with Gasteiger partial charge in [0.2, 0.25) is 0 Å². The van der Waals surface area contributed by atoms with E-state index in [1.54, 1.807) is 11.8 Å². The monoisotopic (exact) mass is 288 g/mol. The van der Waals surface area contributed by atoms with E-state index in [2.05, 4.69) is 29.0 Å². The fraction of sp³-hybridized carbons (Fsp3) is 0.133. The Morgan fingerprint density at radius 1 is 1.16 bits per heavy atom. The lowest BCUT2D eigenvalue weighted by Crippen LogP contribution is -1.83. The van der Waals surface area contributed by atoms with Crippen molar-refractivity contribution in [1.82, 2.24) is 9.97 Å². The number of H-pyrrole nitrogens is 1. The number of imidazole rings is 1. The van der Waals surface area contributed by atoms with Crippen molar-refractivity contribution in [2.45, 2.75) is 17.8 Å². The minimum Gasteiger partial charge on any atom is -0.333 e. The van der Waals surface area contributed by atoms with Crippen LogP contribution in [0.3, 0.4) is 0 Å². The standard InChI is InChI=1S/C15H13ClN2S/c1-10-5-4-8-13-14(10)18-15(17-13)19-9-11-6-2-3-7-12(11)16/h2-8H,9H2,1H3,(H,17,18). The van der Waals surface area contributed by atoms with Gasteiger partial charge in [-0.2, -0.15) is 0 Å². The molecule has 2 aromatic carbocycles. The average Bonchev–Trinajstić information content (AvgIpc) is 2.82. The molecule has 0 spiro atoms. The number of aryl methyl sites for hydroxylation is 1. The third-order valence-electron chi connectivity index (χ3n) is 3.01. The number of nitrogens with one attached hydrogen (secondary N) is 1. The zero-order chi connectivity index (χ0) is 13.2. The number of rotatable bonds is 3. The predicted octanol–water partition coefficient (Wildman–Crippen LogP) is 4.82. The van der Waals surface area contributed by atoms with E-state index in [-0.39, 0.29) is 0 Å². The Hall–Kier alpha value is -1.45. The molecule has 19 heavy (non-hydrogen) atoms. The number of fused-ring (bicyclic) bond motifs is 1. The van der Waals surface area contributed by atoms with Crippen molar-refractivity contribution < 1.29 is 0 Å². The van der Waals surface area contributed by atoms with Gasteiger partial charge in [0, 0.05) is 10.8 Å². The van der Waals surface area contributed by atoms with Gasteiger partial charge < -0.3 is 4.98 Å². The van der Waals surface area contributed by atoms with Crippen LogP contribution < -0.4 is 0 Å². The number of para-hydroxylation sites is 1. The van der Waals surface area contributed by atoms with Crippen LogP contribution in [-0.2, 0) is 5.75 Å². The summed E-state index contributed by atoms with van der Waals surface area (Å²) in [6, 6.07) is 14.1. The number of aromatic nitrogens is 2. The molecule has 96 valence electrons. The van der Waals surface area contributed by atoms with Crippen molar-refractivity contribution in [2.24, 2.45) is 0 Å². The molecule has 1 N–H and O–H groups in total. The van der Waals surface area contributed by atoms with Gasteiger partial charge in [0.05, 0.1) is 11.0 Å². The Kier molecular flexibility index (Phi) is 3.49. The van der Waals surface area contributed by atoms with Gasteiger partial charge in [0.15, 0.2) is 5.16 Å². The van der Waals surface area contributed by atoms with E-state index in [0.29, 0.717) is 0 Å². The van der Waals surface area contributed by atoms with Crippen molar-refractivity contribution in [2.75, 3.05) is 0 Å². The van der Waals surface area contributed by atoms with Crippen LogP contribution in [0.1, 0.15) is 11.1 Å². The molecule has 2 nitrogen and oxygen atoms in total. The van der Waals surface area contributed by atoms with Gasteiger partial charge >= 0.3 is 0 Å². The summed E-state index contributed by atoms with van der Waals surface area (Å²) in [5.41, 5.74) is 4.45. The second kappa shape index (κ2) is 5.27. The van der Waals surface area contributed by atoms with Gasteiger partial charge in [-0.1, -0.05) is 53.7 Å². The Labute approximate surface area is 121 Å². The van der Waals surface area contributed by atoms with Crippen LogP contribution >= 0.6 is 23.4 Å². The predicted molar refractivity (Wildman–Crippen MR) is 81.8 cm³/mol. The molecule has 0 aliphatic rings. The second-order valence-corrected chi connectivity index (χ2v) is 5.76. The van der Waals surface area contributed by atoms with E-state index >= 15 is 0 Å². The highest BCUT2D eigenvalue weighted by atomic mass is 35.5. The molecule has 0 fully saturated rings. The summed E-state index contributed by atoms with van der Waals surface area (Å²) in [5.74, 6) is 0.818. The molecule has 0 aliphatic heterocycles. The number of benzene rings is 2. The lowest BCUT2D eigenvalue weighted by Gasteiger charge is -2.01. The van der Waals surface area contributed by atoms with Crippen molar-refractivity contribution in [3.63, 3.8) is 0 Å². The van der Waals surface area contributed by atoms with Gasteiger partial charge in [-0.15, -0.1) is 0 Å². The normalized spacial score (nSPS) is 11.1. The third-order valence-corrected chi connectivity index (χ3v) is 4.31. The molecule has 3 rings (SSSR count). The lowest BCUT2D eigenvalue weighted by molar-refractivity contribution is 1.08. The number of halogens is 1. The molecule has 4 heteroatoms. The van der Waals surface area contributed by atoms with Crippen LogP contribution in [0, 0.1) is 6.92 Å². The van der Waals surface area contributed by atoms with Crippen LogP contribution in [0.4, 0.5) is 0 Å². The maximum atomic E-state index is 6.15. The zero-order valence-corrected chi connectivity index (χ0v) is 12.1. The number of hydrogen-bond donors (Lipinski definition) is 1. The quantitative estimate of drug-likeness (QED) is 0.700. The maximum Gasteiger partial charge on any atom is 0.166 e. The number of aromatic amines is 1. The summed E-state index contributed by atoms with van der Waals surface area (Å²) >= 11 is 7.82. The van der Waals surface area contributed by atoms with Crippen molar-refractivity contribution in [3.8, 4) is 0 Å². The van der Waals surface area contributed by atoms with Crippen molar-refractivity contribution in [1.29, 1.82) is 0 Å². The second-order valence-electron chi connectivity index (χ2n) is 4.39. The van der Waals surface area contributed by atoms with Crippen LogP contribution in [-0.4, -0.2) is 9.97 Å². The molecule has 1 aromatic heterocycles. The Balaban J connectivity index is 1.83. The maximum absolute atomic E-state index is 6.15. The SMILES string of the molecule is Cc1cccc2[nH]c(SCc3ccccc3Cl)nc12. The Morgan fingerprint density at radius 3 is 2.79 bits per heavy atom. The minimum absolute atomic E-state index is 0.808. The minimum atomic E-state index is 0.808. The van der Waals surface area contributed by atoms with E-state index in [1.807, 2.05) is 30.3 Å². The van der Waals surface area contributed by atoms with E-state index in [4.69, 9.17) is 11.6 Å². The topological polar surface area (TPSA) is 28.7 Å². The van der Waals surface area contributed by atoms with E-state index < -0.39 is 0 Å². The van der Waals surface area contributed by atoms with Crippen molar-refractivity contribution >= 4 is 34.4 Å². The fourth-order valence-electron chi connectivity index (χ4n) is 1.98. The number of nitrogens with zero attached hydrogens (tertiary/aromatic N) is 1. The third kappa shape index (κ3) is 2.62.